The molecule has 0 amide bonds. The average Bonchev–Trinajstić information content (AvgIpc) is 2.18. The van der Waals surface area contributed by atoms with E-state index < -0.39 is 12.5 Å². The largest absolute Gasteiger partial charge is 0.461 e. The molecule has 0 heterocycles. The van der Waals surface area contributed by atoms with Crippen LogP contribution in [0.15, 0.2) is 24.3 Å². The molecular weight excluding hydrogens is 212 g/mol. The van der Waals surface area contributed by atoms with Crippen LogP contribution in [0, 0.1) is 0 Å². The van der Waals surface area contributed by atoms with E-state index in [2.05, 4.69) is 4.74 Å². The zero-order chi connectivity index (χ0) is 11.5. The van der Waals surface area contributed by atoms with Gasteiger partial charge >= 0.3 is 12.5 Å². The van der Waals surface area contributed by atoms with Crippen LogP contribution < -0.4 is 4.74 Å². The molecule has 0 N–H and O–H groups in total. The SMILES string of the molecule is CCc1ccc(OC(F)(F)C(F)F)cc1. The first-order valence-electron chi connectivity index (χ1n) is 4.39. The van der Waals surface area contributed by atoms with Gasteiger partial charge in [0.05, 0.1) is 0 Å². The number of ether oxygens (including phenoxy) is 1. The molecule has 1 nitrogen and oxygen atoms in total. The highest BCUT2D eigenvalue weighted by Crippen LogP contribution is 2.27. The smallest absolute Gasteiger partial charge is 0.428 e. The van der Waals surface area contributed by atoms with Gasteiger partial charge in [-0.15, -0.1) is 0 Å². The maximum Gasteiger partial charge on any atom is 0.461 e. The van der Waals surface area contributed by atoms with Crippen molar-refractivity contribution in [2.24, 2.45) is 0 Å². The second-order valence-corrected chi connectivity index (χ2v) is 2.96. The molecule has 0 fully saturated rings. The van der Waals surface area contributed by atoms with Gasteiger partial charge in [0.2, 0.25) is 0 Å². The average molecular weight is 222 g/mol. The van der Waals surface area contributed by atoms with Gasteiger partial charge in [0.25, 0.3) is 0 Å². The predicted molar refractivity (Wildman–Crippen MR) is 47.4 cm³/mol. The van der Waals surface area contributed by atoms with E-state index in [0.717, 1.165) is 12.0 Å². The topological polar surface area (TPSA) is 9.23 Å². The summed E-state index contributed by atoms with van der Waals surface area (Å²) in [5, 5.41) is 0. The molecule has 0 aliphatic rings. The van der Waals surface area contributed by atoms with Gasteiger partial charge in [0.15, 0.2) is 0 Å². The molecular formula is C10H10F4O. The Morgan fingerprint density at radius 3 is 2.13 bits per heavy atom. The molecule has 0 unspecified atom stereocenters. The lowest BCUT2D eigenvalue weighted by Crippen LogP contribution is -2.33. The minimum absolute atomic E-state index is 0.266. The van der Waals surface area contributed by atoms with Gasteiger partial charge in [-0.05, 0) is 24.1 Å². The number of halogens is 4. The van der Waals surface area contributed by atoms with E-state index in [-0.39, 0.29) is 5.75 Å². The molecule has 0 spiro atoms. The molecule has 1 aromatic carbocycles. The van der Waals surface area contributed by atoms with Crippen molar-refractivity contribution in [2.45, 2.75) is 25.9 Å². The maximum absolute atomic E-state index is 12.4. The third kappa shape index (κ3) is 3.11. The zero-order valence-electron chi connectivity index (χ0n) is 8.01. The van der Waals surface area contributed by atoms with E-state index in [9.17, 15) is 17.6 Å². The Labute approximate surface area is 84.7 Å². The van der Waals surface area contributed by atoms with Gasteiger partial charge in [0.1, 0.15) is 5.75 Å². The molecule has 1 aromatic rings. The first kappa shape index (κ1) is 11.8. The minimum Gasteiger partial charge on any atom is -0.428 e. The highest BCUT2D eigenvalue weighted by molar-refractivity contribution is 5.27. The monoisotopic (exact) mass is 222 g/mol. The lowest BCUT2D eigenvalue weighted by Gasteiger charge is -2.16. The number of rotatable bonds is 4. The van der Waals surface area contributed by atoms with E-state index in [0.29, 0.717) is 0 Å². The summed E-state index contributed by atoms with van der Waals surface area (Å²) in [5.41, 5.74) is 0.919. The van der Waals surface area contributed by atoms with E-state index >= 15 is 0 Å². The van der Waals surface area contributed by atoms with Gasteiger partial charge in [-0.3, -0.25) is 0 Å². The molecule has 84 valence electrons. The van der Waals surface area contributed by atoms with Crippen molar-refractivity contribution in [2.75, 3.05) is 0 Å². The molecule has 0 atom stereocenters. The van der Waals surface area contributed by atoms with Crippen molar-refractivity contribution in [3.05, 3.63) is 29.8 Å². The fourth-order valence-electron chi connectivity index (χ4n) is 0.995. The van der Waals surface area contributed by atoms with Gasteiger partial charge in [0, 0.05) is 0 Å². The van der Waals surface area contributed by atoms with Crippen LogP contribution in [0.25, 0.3) is 0 Å². The van der Waals surface area contributed by atoms with Crippen LogP contribution in [0.1, 0.15) is 12.5 Å². The number of hydrogen-bond donors (Lipinski definition) is 0. The summed E-state index contributed by atoms with van der Waals surface area (Å²) in [6.07, 6.45) is -7.53. The van der Waals surface area contributed by atoms with Crippen molar-refractivity contribution in [3.63, 3.8) is 0 Å². The normalized spacial score (nSPS) is 11.9. The molecule has 0 aromatic heterocycles. The van der Waals surface area contributed by atoms with Gasteiger partial charge in [-0.1, -0.05) is 19.1 Å². The third-order valence-electron chi connectivity index (χ3n) is 1.84. The van der Waals surface area contributed by atoms with Crippen molar-refractivity contribution in [3.8, 4) is 5.75 Å². The molecule has 5 heteroatoms. The quantitative estimate of drug-likeness (QED) is 0.708. The fourth-order valence-corrected chi connectivity index (χ4v) is 0.995. The minimum atomic E-state index is -4.44. The molecule has 0 aliphatic carbocycles. The summed E-state index contributed by atoms with van der Waals surface area (Å²) < 4.78 is 52.3. The molecule has 15 heavy (non-hydrogen) atoms. The Kier molecular flexibility index (Phi) is 3.55. The Bertz CT molecular complexity index is 308. The highest BCUT2D eigenvalue weighted by Gasteiger charge is 2.43. The summed E-state index contributed by atoms with van der Waals surface area (Å²) in [6.45, 7) is 1.89. The van der Waals surface area contributed by atoms with Gasteiger partial charge in [-0.2, -0.15) is 17.6 Å². The molecule has 0 aliphatic heterocycles. The number of benzene rings is 1. The second kappa shape index (κ2) is 4.51. The Hall–Kier alpha value is -1.26. The summed E-state index contributed by atoms with van der Waals surface area (Å²) in [6, 6.07) is 5.60. The van der Waals surface area contributed by atoms with Crippen LogP contribution >= 0.6 is 0 Å². The second-order valence-electron chi connectivity index (χ2n) is 2.96. The van der Waals surface area contributed by atoms with Crippen LogP contribution in [0.2, 0.25) is 0 Å². The lowest BCUT2D eigenvalue weighted by molar-refractivity contribution is -0.253. The zero-order valence-corrected chi connectivity index (χ0v) is 8.01. The van der Waals surface area contributed by atoms with E-state index in [1.165, 1.54) is 12.1 Å². The molecule has 0 saturated heterocycles. The molecule has 0 bridgehead atoms. The standard InChI is InChI=1S/C10H10F4O/c1-2-7-3-5-8(6-4-7)15-10(13,14)9(11)12/h3-6,9H,2H2,1H3. The lowest BCUT2D eigenvalue weighted by atomic mass is 10.2. The number of alkyl halides is 4. The molecule has 1 rings (SSSR count). The predicted octanol–water partition coefficient (Wildman–Crippen LogP) is 3.49. The molecule has 0 radical (unpaired) electrons. The summed E-state index contributed by atoms with van der Waals surface area (Å²) in [7, 11) is 0. The van der Waals surface area contributed by atoms with Crippen LogP contribution in [0.3, 0.4) is 0 Å². The van der Waals surface area contributed by atoms with Crippen molar-refractivity contribution < 1.29 is 22.3 Å². The van der Waals surface area contributed by atoms with E-state index in [1.807, 2.05) is 6.92 Å². The maximum atomic E-state index is 12.4. The van der Waals surface area contributed by atoms with Crippen molar-refractivity contribution >= 4 is 0 Å². The highest BCUT2D eigenvalue weighted by atomic mass is 19.3. The van der Waals surface area contributed by atoms with Crippen LogP contribution in [0.4, 0.5) is 17.6 Å². The molecule has 0 saturated carbocycles. The first-order valence-corrected chi connectivity index (χ1v) is 4.39. The Balaban J connectivity index is 2.73. The first-order chi connectivity index (χ1) is 6.95. The number of hydrogen-bond acceptors (Lipinski definition) is 1. The fraction of sp³-hybridized carbons (Fsp3) is 0.400. The number of aryl methyl sites for hydroxylation is 1. The van der Waals surface area contributed by atoms with Gasteiger partial charge in [-0.25, -0.2) is 0 Å². The van der Waals surface area contributed by atoms with Crippen LogP contribution in [0.5, 0.6) is 5.75 Å². The van der Waals surface area contributed by atoms with Crippen molar-refractivity contribution in [1.82, 2.24) is 0 Å². The van der Waals surface area contributed by atoms with Crippen LogP contribution in [-0.2, 0) is 6.42 Å². The Morgan fingerprint density at radius 1 is 1.20 bits per heavy atom. The van der Waals surface area contributed by atoms with E-state index in [1.54, 1.807) is 12.1 Å². The summed E-state index contributed by atoms with van der Waals surface area (Å²) >= 11 is 0. The van der Waals surface area contributed by atoms with E-state index in [4.69, 9.17) is 0 Å². The van der Waals surface area contributed by atoms with Gasteiger partial charge < -0.3 is 4.74 Å². The van der Waals surface area contributed by atoms with Crippen LogP contribution in [-0.4, -0.2) is 12.5 Å². The summed E-state index contributed by atoms with van der Waals surface area (Å²) in [5.74, 6) is -0.266. The van der Waals surface area contributed by atoms with Crippen molar-refractivity contribution in [1.29, 1.82) is 0 Å². The third-order valence-corrected chi connectivity index (χ3v) is 1.84. The summed E-state index contributed by atoms with van der Waals surface area (Å²) in [4.78, 5) is 0. The Morgan fingerprint density at radius 2 is 1.73 bits per heavy atom.